The molecule has 0 aliphatic heterocycles. The average Bonchev–Trinajstić information content (AvgIpc) is 2.74. The number of hydrogen-bond donors (Lipinski definition) is 2. The van der Waals surface area contributed by atoms with E-state index in [1.807, 2.05) is 18.4 Å². The van der Waals surface area contributed by atoms with Crippen LogP contribution in [0.25, 0.3) is 0 Å². The van der Waals surface area contributed by atoms with Gasteiger partial charge in [-0.15, -0.1) is 11.3 Å². The number of thiophene rings is 1. The Kier molecular flexibility index (Phi) is 4.60. The highest BCUT2D eigenvalue weighted by molar-refractivity contribution is 7.12. The van der Waals surface area contributed by atoms with Crippen LogP contribution < -0.4 is 10.6 Å². The van der Waals surface area contributed by atoms with E-state index in [-0.39, 0.29) is 0 Å². The molecule has 2 rings (SSSR count). The summed E-state index contributed by atoms with van der Waals surface area (Å²) in [5.74, 6) is 2.19. The first-order valence-electron chi connectivity index (χ1n) is 6.85. The summed E-state index contributed by atoms with van der Waals surface area (Å²) in [6.07, 6.45) is 1.60. The lowest BCUT2D eigenvalue weighted by molar-refractivity contribution is 0.847. The summed E-state index contributed by atoms with van der Waals surface area (Å²) in [5.41, 5.74) is 2.49. The number of aryl methyl sites for hydroxylation is 2. The molecule has 0 radical (unpaired) electrons. The summed E-state index contributed by atoms with van der Waals surface area (Å²) in [7, 11) is 1.89. The van der Waals surface area contributed by atoms with Gasteiger partial charge in [0.2, 0.25) is 0 Å². The van der Waals surface area contributed by atoms with Crippen LogP contribution in [0.4, 0.5) is 11.6 Å². The Hall–Kier alpha value is -1.62. The number of nitrogens with zero attached hydrogens (tertiary/aromatic N) is 2. The summed E-state index contributed by atoms with van der Waals surface area (Å²) >= 11 is 1.84. The Morgan fingerprint density at radius 1 is 1.20 bits per heavy atom. The molecule has 0 aromatic carbocycles. The standard InChI is InChI=1S/C15H22N4S/c1-9(2)13-14(16-5)18-8-19-15(13)17-7-12-6-10(3)11(4)20-12/h6,8-9H,7H2,1-5H3,(H2,16,17,18,19). The minimum Gasteiger partial charge on any atom is -0.373 e. The molecule has 0 atom stereocenters. The Balaban J connectivity index is 2.20. The highest BCUT2D eigenvalue weighted by Crippen LogP contribution is 2.29. The van der Waals surface area contributed by atoms with E-state index in [4.69, 9.17) is 0 Å². The van der Waals surface area contributed by atoms with Crippen molar-refractivity contribution in [2.75, 3.05) is 17.7 Å². The Morgan fingerprint density at radius 3 is 2.45 bits per heavy atom. The van der Waals surface area contributed by atoms with Crippen LogP contribution in [0.3, 0.4) is 0 Å². The van der Waals surface area contributed by atoms with Crippen molar-refractivity contribution in [1.82, 2.24) is 9.97 Å². The van der Waals surface area contributed by atoms with Crippen LogP contribution in [0.2, 0.25) is 0 Å². The van der Waals surface area contributed by atoms with Crippen LogP contribution in [0.5, 0.6) is 0 Å². The van der Waals surface area contributed by atoms with E-state index in [0.717, 1.165) is 23.7 Å². The number of hydrogen-bond acceptors (Lipinski definition) is 5. The van der Waals surface area contributed by atoms with Crippen molar-refractivity contribution in [3.63, 3.8) is 0 Å². The number of anilines is 2. The second kappa shape index (κ2) is 6.22. The maximum atomic E-state index is 4.40. The summed E-state index contributed by atoms with van der Waals surface area (Å²) in [4.78, 5) is 11.4. The van der Waals surface area contributed by atoms with Crippen molar-refractivity contribution in [3.05, 3.63) is 33.3 Å². The van der Waals surface area contributed by atoms with Gasteiger partial charge in [0, 0.05) is 22.4 Å². The van der Waals surface area contributed by atoms with Crippen LogP contribution in [0, 0.1) is 13.8 Å². The van der Waals surface area contributed by atoms with Gasteiger partial charge < -0.3 is 10.6 Å². The average molecular weight is 290 g/mol. The van der Waals surface area contributed by atoms with Crippen molar-refractivity contribution in [3.8, 4) is 0 Å². The Morgan fingerprint density at radius 2 is 1.90 bits per heavy atom. The van der Waals surface area contributed by atoms with Gasteiger partial charge in [-0.2, -0.15) is 0 Å². The van der Waals surface area contributed by atoms with Crippen LogP contribution in [-0.2, 0) is 6.54 Å². The minimum absolute atomic E-state index is 0.368. The summed E-state index contributed by atoms with van der Waals surface area (Å²) in [5, 5.41) is 6.59. The molecule has 108 valence electrons. The zero-order chi connectivity index (χ0) is 14.7. The molecular weight excluding hydrogens is 268 g/mol. The fourth-order valence-corrected chi connectivity index (χ4v) is 3.18. The van der Waals surface area contributed by atoms with Gasteiger partial charge in [0.25, 0.3) is 0 Å². The molecular formula is C15H22N4S. The molecule has 2 N–H and O–H groups in total. The first-order valence-corrected chi connectivity index (χ1v) is 7.67. The molecule has 2 aromatic rings. The third-order valence-electron chi connectivity index (χ3n) is 3.35. The fourth-order valence-electron chi connectivity index (χ4n) is 2.19. The summed E-state index contributed by atoms with van der Waals surface area (Å²) in [6, 6.07) is 2.24. The third kappa shape index (κ3) is 3.10. The number of rotatable bonds is 5. The summed E-state index contributed by atoms with van der Waals surface area (Å²) in [6.45, 7) is 9.43. The largest absolute Gasteiger partial charge is 0.373 e. The molecule has 20 heavy (non-hydrogen) atoms. The molecule has 0 bridgehead atoms. The van der Waals surface area contributed by atoms with Crippen molar-refractivity contribution < 1.29 is 0 Å². The van der Waals surface area contributed by atoms with E-state index in [9.17, 15) is 0 Å². The molecule has 0 unspecified atom stereocenters. The zero-order valence-corrected chi connectivity index (χ0v) is 13.6. The first-order chi connectivity index (χ1) is 9.52. The highest BCUT2D eigenvalue weighted by Gasteiger charge is 2.14. The van der Waals surface area contributed by atoms with E-state index in [0.29, 0.717) is 5.92 Å². The van der Waals surface area contributed by atoms with E-state index < -0.39 is 0 Å². The smallest absolute Gasteiger partial charge is 0.135 e. The van der Waals surface area contributed by atoms with Gasteiger partial charge in [-0.1, -0.05) is 13.8 Å². The predicted octanol–water partition coefficient (Wildman–Crippen LogP) is 3.93. The Bertz CT molecular complexity index is 570. The lowest BCUT2D eigenvalue weighted by Crippen LogP contribution is -2.09. The van der Waals surface area contributed by atoms with Crippen LogP contribution >= 0.6 is 11.3 Å². The lowest BCUT2D eigenvalue weighted by Gasteiger charge is -2.16. The molecule has 5 heteroatoms. The van der Waals surface area contributed by atoms with E-state index in [2.05, 4.69) is 54.4 Å². The maximum Gasteiger partial charge on any atom is 0.135 e. The van der Waals surface area contributed by atoms with Crippen molar-refractivity contribution in [1.29, 1.82) is 0 Å². The van der Waals surface area contributed by atoms with Crippen LogP contribution in [-0.4, -0.2) is 17.0 Å². The fraction of sp³-hybridized carbons (Fsp3) is 0.467. The van der Waals surface area contributed by atoms with E-state index in [1.54, 1.807) is 6.33 Å². The molecule has 2 aromatic heterocycles. The second-order valence-corrected chi connectivity index (χ2v) is 6.54. The highest BCUT2D eigenvalue weighted by atomic mass is 32.1. The molecule has 0 aliphatic rings. The van der Waals surface area contributed by atoms with E-state index in [1.165, 1.54) is 15.3 Å². The van der Waals surface area contributed by atoms with Gasteiger partial charge in [-0.3, -0.25) is 0 Å². The quantitative estimate of drug-likeness (QED) is 0.876. The van der Waals surface area contributed by atoms with Gasteiger partial charge in [0.05, 0.1) is 6.54 Å². The zero-order valence-electron chi connectivity index (χ0n) is 12.7. The van der Waals surface area contributed by atoms with Crippen LogP contribution in [0.15, 0.2) is 12.4 Å². The van der Waals surface area contributed by atoms with Gasteiger partial charge in [0.1, 0.15) is 18.0 Å². The van der Waals surface area contributed by atoms with Gasteiger partial charge in [-0.25, -0.2) is 9.97 Å². The van der Waals surface area contributed by atoms with Crippen molar-refractivity contribution >= 4 is 23.0 Å². The molecule has 2 heterocycles. The lowest BCUT2D eigenvalue weighted by atomic mass is 10.0. The van der Waals surface area contributed by atoms with Gasteiger partial charge >= 0.3 is 0 Å². The van der Waals surface area contributed by atoms with Gasteiger partial charge in [-0.05, 0) is 31.4 Å². The molecule has 0 spiro atoms. The molecule has 0 saturated carbocycles. The second-order valence-electron chi connectivity index (χ2n) is 5.19. The van der Waals surface area contributed by atoms with Crippen LogP contribution in [0.1, 0.15) is 40.6 Å². The van der Waals surface area contributed by atoms with E-state index >= 15 is 0 Å². The SMILES string of the molecule is CNc1ncnc(NCc2cc(C)c(C)s2)c1C(C)C. The summed E-state index contributed by atoms with van der Waals surface area (Å²) < 4.78 is 0. The Labute approximate surface area is 124 Å². The van der Waals surface area contributed by atoms with Crippen molar-refractivity contribution in [2.45, 2.75) is 40.2 Å². The number of nitrogens with one attached hydrogen (secondary N) is 2. The molecule has 0 saturated heterocycles. The number of aromatic nitrogens is 2. The molecule has 0 aliphatic carbocycles. The minimum atomic E-state index is 0.368. The maximum absolute atomic E-state index is 4.40. The first kappa shape index (κ1) is 14.8. The topological polar surface area (TPSA) is 49.8 Å². The predicted molar refractivity (Wildman–Crippen MR) is 86.8 cm³/mol. The molecule has 0 fully saturated rings. The molecule has 0 amide bonds. The monoisotopic (exact) mass is 290 g/mol. The normalized spacial score (nSPS) is 10.9. The molecule has 4 nitrogen and oxygen atoms in total. The van der Waals surface area contributed by atoms with Gasteiger partial charge in [0.15, 0.2) is 0 Å². The third-order valence-corrected chi connectivity index (χ3v) is 4.50. The van der Waals surface area contributed by atoms with Crippen molar-refractivity contribution in [2.24, 2.45) is 0 Å².